The molecule has 8 nitrogen and oxygen atoms in total. The molecular formula is C19H19N3O5. The molecule has 1 aromatic heterocycles. The Kier molecular flexibility index (Phi) is 5.37. The maximum Gasteiger partial charge on any atom is 0.337 e. The summed E-state index contributed by atoms with van der Waals surface area (Å²) in [6.45, 7) is 0.00638. The van der Waals surface area contributed by atoms with Crippen molar-refractivity contribution >= 4 is 17.6 Å². The number of amides is 1. The number of carbonyl (C=O) groups is 2. The Morgan fingerprint density at radius 2 is 2.04 bits per heavy atom. The summed E-state index contributed by atoms with van der Waals surface area (Å²) in [6.07, 6.45) is 1.58. The minimum atomic E-state index is -0.596. The van der Waals surface area contributed by atoms with Crippen LogP contribution in [0.1, 0.15) is 0 Å². The summed E-state index contributed by atoms with van der Waals surface area (Å²) in [5, 5.41) is 21.9. The lowest BCUT2D eigenvalue weighted by atomic mass is 10.1. The fraction of sp³-hybridized carbons (Fsp3) is 0.211. The number of aromatic hydroxyl groups is 1. The van der Waals surface area contributed by atoms with Crippen LogP contribution in [0.15, 0.2) is 53.9 Å². The van der Waals surface area contributed by atoms with Crippen molar-refractivity contribution in [3.05, 3.63) is 53.9 Å². The van der Waals surface area contributed by atoms with Gasteiger partial charge >= 0.3 is 5.97 Å². The van der Waals surface area contributed by atoms with Gasteiger partial charge in [0.2, 0.25) is 0 Å². The Hall–Kier alpha value is -3.39. The van der Waals surface area contributed by atoms with Crippen LogP contribution in [-0.2, 0) is 14.3 Å². The average Bonchev–Trinajstić information content (AvgIpc) is 2.99. The SMILES string of the molecule is COC(=O)C1=C(Nc2ccc(-c3ncccc3O)cc2)C(=O)N(CCO)C1. The highest BCUT2D eigenvalue weighted by molar-refractivity contribution is 6.08. The van der Waals surface area contributed by atoms with Crippen molar-refractivity contribution < 1.29 is 24.5 Å². The van der Waals surface area contributed by atoms with Crippen LogP contribution < -0.4 is 5.32 Å². The van der Waals surface area contributed by atoms with Gasteiger partial charge in [-0.2, -0.15) is 0 Å². The maximum atomic E-state index is 12.5. The molecule has 0 saturated heterocycles. The normalized spacial score (nSPS) is 13.9. The predicted octanol–water partition coefficient (Wildman–Crippen LogP) is 1.13. The van der Waals surface area contributed by atoms with Gasteiger partial charge < -0.3 is 25.2 Å². The van der Waals surface area contributed by atoms with E-state index in [9.17, 15) is 14.7 Å². The summed E-state index contributed by atoms with van der Waals surface area (Å²) >= 11 is 0. The van der Waals surface area contributed by atoms with Crippen molar-refractivity contribution in [3.63, 3.8) is 0 Å². The molecule has 8 heteroatoms. The molecule has 0 fully saturated rings. The summed E-state index contributed by atoms with van der Waals surface area (Å²) in [7, 11) is 1.25. The van der Waals surface area contributed by atoms with Crippen LogP contribution in [0.3, 0.4) is 0 Å². The number of nitrogens with zero attached hydrogens (tertiary/aromatic N) is 2. The second-order valence-electron chi connectivity index (χ2n) is 5.87. The van der Waals surface area contributed by atoms with Crippen LogP contribution in [0.25, 0.3) is 11.3 Å². The van der Waals surface area contributed by atoms with Gasteiger partial charge in [-0.15, -0.1) is 0 Å². The number of anilines is 1. The van der Waals surface area contributed by atoms with Crippen molar-refractivity contribution in [1.29, 1.82) is 0 Å². The second kappa shape index (κ2) is 7.88. The molecule has 3 N–H and O–H groups in total. The van der Waals surface area contributed by atoms with Crippen LogP contribution >= 0.6 is 0 Å². The lowest BCUT2D eigenvalue weighted by Crippen LogP contribution is -2.31. The third-order valence-corrected chi connectivity index (χ3v) is 4.17. The Balaban J connectivity index is 1.85. The van der Waals surface area contributed by atoms with Gasteiger partial charge in [-0.05, 0) is 24.3 Å². The van der Waals surface area contributed by atoms with Crippen molar-refractivity contribution in [2.75, 3.05) is 32.1 Å². The molecule has 0 atom stereocenters. The number of β-amino-alcohol motifs (C(OH)–C–C–N with tert-alkyl or cyclic N) is 1. The summed E-state index contributed by atoms with van der Waals surface area (Å²) in [6, 6.07) is 10.1. The zero-order valence-electron chi connectivity index (χ0n) is 14.7. The first kappa shape index (κ1) is 18.4. The summed E-state index contributed by atoms with van der Waals surface area (Å²) < 4.78 is 4.75. The maximum absolute atomic E-state index is 12.5. The van der Waals surface area contributed by atoms with E-state index >= 15 is 0 Å². The fourth-order valence-corrected chi connectivity index (χ4v) is 2.82. The van der Waals surface area contributed by atoms with Crippen LogP contribution in [-0.4, -0.2) is 58.8 Å². The first-order chi connectivity index (χ1) is 13.0. The molecule has 0 bridgehead atoms. The van der Waals surface area contributed by atoms with E-state index in [1.165, 1.54) is 12.0 Å². The summed E-state index contributed by atoms with van der Waals surface area (Å²) in [5.74, 6) is -0.906. The molecule has 0 aliphatic carbocycles. The molecule has 140 valence electrons. The number of esters is 1. The van der Waals surface area contributed by atoms with Crippen LogP contribution in [0.5, 0.6) is 5.75 Å². The van der Waals surface area contributed by atoms with E-state index in [0.29, 0.717) is 16.9 Å². The number of pyridine rings is 1. The molecule has 1 aromatic carbocycles. The Morgan fingerprint density at radius 3 is 2.67 bits per heavy atom. The molecule has 3 rings (SSSR count). The van der Waals surface area contributed by atoms with E-state index in [4.69, 9.17) is 9.84 Å². The molecule has 1 aliphatic rings. The van der Waals surface area contributed by atoms with Gasteiger partial charge in [0, 0.05) is 24.0 Å². The van der Waals surface area contributed by atoms with Gasteiger partial charge in [-0.1, -0.05) is 12.1 Å². The number of aliphatic hydroxyl groups excluding tert-OH is 1. The zero-order chi connectivity index (χ0) is 19.4. The molecule has 1 aliphatic heterocycles. The molecule has 0 saturated carbocycles. The van der Waals surface area contributed by atoms with Gasteiger partial charge in [0.15, 0.2) is 0 Å². The summed E-state index contributed by atoms with van der Waals surface area (Å²) in [4.78, 5) is 30.0. The van der Waals surface area contributed by atoms with Gasteiger partial charge in [-0.3, -0.25) is 9.78 Å². The minimum absolute atomic E-state index is 0.0690. The average molecular weight is 369 g/mol. The molecule has 2 aromatic rings. The van der Waals surface area contributed by atoms with Crippen LogP contribution in [0.4, 0.5) is 5.69 Å². The van der Waals surface area contributed by atoms with E-state index in [0.717, 1.165) is 0 Å². The Morgan fingerprint density at radius 1 is 1.30 bits per heavy atom. The van der Waals surface area contributed by atoms with Crippen molar-refractivity contribution in [2.24, 2.45) is 0 Å². The summed E-state index contributed by atoms with van der Waals surface area (Å²) in [5.41, 5.74) is 2.08. The number of hydrogen-bond acceptors (Lipinski definition) is 7. The molecular weight excluding hydrogens is 350 g/mol. The molecule has 0 radical (unpaired) electrons. The predicted molar refractivity (Wildman–Crippen MR) is 97.7 cm³/mol. The quantitative estimate of drug-likeness (QED) is 0.654. The smallest absolute Gasteiger partial charge is 0.337 e. The Bertz CT molecular complexity index is 892. The molecule has 1 amide bonds. The number of nitrogens with one attached hydrogen (secondary N) is 1. The monoisotopic (exact) mass is 369 g/mol. The molecule has 27 heavy (non-hydrogen) atoms. The third kappa shape index (κ3) is 3.75. The highest BCUT2D eigenvalue weighted by atomic mass is 16.5. The lowest BCUT2D eigenvalue weighted by molar-refractivity contribution is -0.136. The lowest BCUT2D eigenvalue weighted by Gasteiger charge is -2.15. The van der Waals surface area contributed by atoms with E-state index in [1.807, 2.05) is 0 Å². The number of aromatic nitrogens is 1. The third-order valence-electron chi connectivity index (χ3n) is 4.17. The zero-order valence-corrected chi connectivity index (χ0v) is 14.7. The number of methoxy groups -OCH3 is 1. The van der Waals surface area contributed by atoms with E-state index in [-0.39, 0.29) is 42.6 Å². The van der Waals surface area contributed by atoms with Gasteiger partial charge in [0.1, 0.15) is 17.1 Å². The second-order valence-corrected chi connectivity index (χ2v) is 5.87. The standard InChI is InChI=1S/C19H19N3O5/c1-27-19(26)14-11-22(9-10-23)18(25)17(14)21-13-6-4-12(5-7-13)16-15(24)3-2-8-20-16/h2-8,21,23-24H,9-11H2,1H3. The minimum Gasteiger partial charge on any atom is -0.506 e. The fourth-order valence-electron chi connectivity index (χ4n) is 2.82. The van der Waals surface area contributed by atoms with Crippen molar-refractivity contribution in [1.82, 2.24) is 9.88 Å². The van der Waals surface area contributed by atoms with E-state index in [1.54, 1.807) is 42.6 Å². The highest BCUT2D eigenvalue weighted by Gasteiger charge is 2.34. The van der Waals surface area contributed by atoms with Gasteiger partial charge in [-0.25, -0.2) is 4.79 Å². The first-order valence-corrected chi connectivity index (χ1v) is 8.28. The van der Waals surface area contributed by atoms with Crippen molar-refractivity contribution in [3.8, 4) is 17.0 Å². The van der Waals surface area contributed by atoms with Crippen LogP contribution in [0.2, 0.25) is 0 Å². The van der Waals surface area contributed by atoms with E-state index in [2.05, 4.69) is 10.3 Å². The molecule has 0 unspecified atom stereocenters. The number of hydrogen-bond donors (Lipinski definition) is 3. The molecule has 0 spiro atoms. The van der Waals surface area contributed by atoms with E-state index < -0.39 is 5.97 Å². The number of carbonyl (C=O) groups excluding carboxylic acids is 2. The number of ether oxygens (including phenoxy) is 1. The van der Waals surface area contributed by atoms with Crippen molar-refractivity contribution in [2.45, 2.75) is 0 Å². The first-order valence-electron chi connectivity index (χ1n) is 8.28. The molecule has 2 heterocycles. The van der Waals surface area contributed by atoms with Gasteiger partial charge in [0.25, 0.3) is 5.91 Å². The van der Waals surface area contributed by atoms with Crippen LogP contribution in [0, 0.1) is 0 Å². The number of aliphatic hydroxyl groups is 1. The van der Waals surface area contributed by atoms with Gasteiger partial charge in [0.05, 0.1) is 25.8 Å². The largest absolute Gasteiger partial charge is 0.506 e. The number of rotatable bonds is 6. The highest BCUT2D eigenvalue weighted by Crippen LogP contribution is 2.28. The Labute approximate surface area is 155 Å². The number of benzene rings is 1. The topological polar surface area (TPSA) is 112 Å².